The van der Waals surface area contributed by atoms with Gasteiger partial charge in [-0.05, 0) is 68.1 Å². The number of carbonyl (C=O) groups is 1. The quantitative estimate of drug-likeness (QED) is 0.367. The van der Waals surface area contributed by atoms with Crippen LogP contribution in [0.4, 0.5) is 0 Å². The first-order valence-corrected chi connectivity index (χ1v) is 14.5. The summed E-state index contributed by atoms with van der Waals surface area (Å²) in [5, 5.41) is 6.44. The van der Waals surface area contributed by atoms with Crippen LogP contribution in [0.3, 0.4) is 0 Å². The Bertz CT molecular complexity index is 1240. The van der Waals surface area contributed by atoms with E-state index in [9.17, 15) is 13.2 Å². The highest BCUT2D eigenvalue weighted by atomic mass is 32.2. The van der Waals surface area contributed by atoms with Crippen molar-refractivity contribution in [1.29, 1.82) is 0 Å². The average molecular weight is 528 g/mol. The van der Waals surface area contributed by atoms with Crippen LogP contribution in [0.5, 0.6) is 5.75 Å². The van der Waals surface area contributed by atoms with Crippen LogP contribution in [-0.2, 0) is 23.0 Å². The van der Waals surface area contributed by atoms with Crippen molar-refractivity contribution in [2.24, 2.45) is 0 Å². The molecule has 1 aliphatic rings. The van der Waals surface area contributed by atoms with Gasteiger partial charge in [0.1, 0.15) is 9.96 Å². The predicted octanol–water partition coefficient (Wildman–Crippen LogP) is 4.06. The molecule has 7 nitrogen and oxygen atoms in total. The topological polar surface area (TPSA) is 87.7 Å². The van der Waals surface area contributed by atoms with Gasteiger partial charge < -0.3 is 15.4 Å². The van der Waals surface area contributed by atoms with Crippen molar-refractivity contribution in [3.8, 4) is 5.75 Å². The highest BCUT2D eigenvalue weighted by Gasteiger charge is 2.30. The van der Waals surface area contributed by atoms with E-state index < -0.39 is 10.0 Å². The minimum absolute atomic E-state index is 0.231. The second kappa shape index (κ2) is 12.5. The number of methoxy groups -OCH3 is 1. The van der Waals surface area contributed by atoms with Crippen molar-refractivity contribution < 1.29 is 17.9 Å². The molecule has 2 heterocycles. The number of carbonyl (C=O) groups excluding carboxylic acids is 1. The number of piperidine rings is 1. The number of aryl methyl sites for hydroxylation is 1. The van der Waals surface area contributed by atoms with Crippen molar-refractivity contribution in [2.45, 2.75) is 42.5 Å². The first kappa shape index (κ1) is 26.3. The van der Waals surface area contributed by atoms with Crippen LogP contribution in [0.2, 0.25) is 0 Å². The van der Waals surface area contributed by atoms with E-state index in [2.05, 4.69) is 34.9 Å². The summed E-state index contributed by atoms with van der Waals surface area (Å²) in [5.74, 6) is 0.378. The number of benzene rings is 2. The lowest BCUT2D eigenvalue weighted by molar-refractivity contribution is 0.0951. The van der Waals surface area contributed by atoms with Crippen LogP contribution >= 0.6 is 11.3 Å². The van der Waals surface area contributed by atoms with E-state index in [0.29, 0.717) is 34.7 Å². The number of amides is 1. The van der Waals surface area contributed by atoms with Gasteiger partial charge in [-0.1, -0.05) is 36.4 Å². The van der Waals surface area contributed by atoms with Crippen LogP contribution in [0.15, 0.2) is 70.9 Å². The van der Waals surface area contributed by atoms with E-state index in [-0.39, 0.29) is 12.5 Å². The third kappa shape index (κ3) is 6.94. The lowest BCUT2D eigenvalue weighted by atomic mass is 10.1. The highest BCUT2D eigenvalue weighted by Crippen LogP contribution is 2.27. The molecule has 0 spiro atoms. The Morgan fingerprint density at radius 2 is 1.83 bits per heavy atom. The first-order valence-electron chi connectivity index (χ1n) is 12.2. The number of rotatable bonds is 11. The Hall–Kier alpha value is -2.72. The van der Waals surface area contributed by atoms with Crippen LogP contribution in [0.1, 0.15) is 40.1 Å². The summed E-state index contributed by atoms with van der Waals surface area (Å²) in [6.07, 6.45) is 3.72. The molecule has 2 aromatic carbocycles. The SMILES string of the molecule is COc1cccc(C(=O)NCc2ccc(S(=O)(=O)N3CCC(NCCCc4ccccc4)CC3)s2)c1. The first-order chi connectivity index (χ1) is 17.5. The van der Waals surface area contributed by atoms with Crippen molar-refractivity contribution in [3.63, 3.8) is 0 Å². The molecule has 9 heteroatoms. The molecule has 1 saturated heterocycles. The van der Waals surface area contributed by atoms with Crippen LogP contribution < -0.4 is 15.4 Å². The maximum atomic E-state index is 13.2. The van der Waals surface area contributed by atoms with Crippen molar-refractivity contribution >= 4 is 27.3 Å². The summed E-state index contributed by atoms with van der Waals surface area (Å²) < 4.78 is 33.4. The summed E-state index contributed by atoms with van der Waals surface area (Å²) in [7, 11) is -1.98. The number of nitrogens with zero attached hydrogens (tertiary/aromatic N) is 1. The average Bonchev–Trinajstić information content (AvgIpc) is 3.41. The van der Waals surface area contributed by atoms with Crippen molar-refractivity contribution in [1.82, 2.24) is 14.9 Å². The Balaban J connectivity index is 1.22. The molecule has 2 N–H and O–H groups in total. The summed E-state index contributed by atoms with van der Waals surface area (Å²) in [6, 6.07) is 21.1. The van der Waals surface area contributed by atoms with Crippen molar-refractivity contribution in [2.75, 3.05) is 26.7 Å². The van der Waals surface area contributed by atoms with Gasteiger partial charge >= 0.3 is 0 Å². The van der Waals surface area contributed by atoms with E-state index in [1.807, 2.05) is 6.07 Å². The number of hydrogen-bond acceptors (Lipinski definition) is 6. The van der Waals surface area contributed by atoms with E-state index in [0.717, 1.165) is 37.1 Å². The maximum Gasteiger partial charge on any atom is 0.252 e. The number of thiophene rings is 1. The molecule has 0 aliphatic carbocycles. The Morgan fingerprint density at radius 1 is 1.06 bits per heavy atom. The summed E-state index contributed by atoms with van der Waals surface area (Å²) in [4.78, 5) is 13.2. The van der Waals surface area contributed by atoms with Gasteiger partial charge in [0.25, 0.3) is 15.9 Å². The maximum absolute atomic E-state index is 13.2. The normalized spacial score (nSPS) is 15.0. The van der Waals surface area contributed by atoms with Crippen LogP contribution in [0.25, 0.3) is 0 Å². The fraction of sp³-hybridized carbons (Fsp3) is 0.370. The van der Waals surface area contributed by atoms with Gasteiger partial charge in [-0.3, -0.25) is 4.79 Å². The molecule has 1 aromatic heterocycles. The Labute approximate surface area is 217 Å². The fourth-order valence-corrected chi connectivity index (χ4v) is 7.22. The van der Waals surface area contributed by atoms with E-state index >= 15 is 0 Å². The molecule has 3 aromatic rings. The molecule has 0 radical (unpaired) electrons. The smallest absolute Gasteiger partial charge is 0.252 e. The molecule has 0 bridgehead atoms. The van der Waals surface area contributed by atoms with Gasteiger partial charge in [-0.2, -0.15) is 4.31 Å². The van der Waals surface area contributed by atoms with E-state index in [1.54, 1.807) is 47.8 Å². The summed E-state index contributed by atoms with van der Waals surface area (Å²) in [5.41, 5.74) is 1.84. The third-order valence-corrected chi connectivity index (χ3v) is 9.81. The number of hydrogen-bond donors (Lipinski definition) is 2. The van der Waals surface area contributed by atoms with Gasteiger partial charge in [-0.15, -0.1) is 11.3 Å². The van der Waals surface area contributed by atoms with Gasteiger partial charge in [0, 0.05) is 29.6 Å². The number of sulfonamides is 1. The molecule has 1 fully saturated rings. The monoisotopic (exact) mass is 527 g/mol. The van der Waals surface area contributed by atoms with E-state index in [1.165, 1.54) is 16.9 Å². The molecule has 192 valence electrons. The molecule has 36 heavy (non-hydrogen) atoms. The second-order valence-corrected chi connectivity index (χ2v) is 12.2. The third-order valence-electron chi connectivity index (χ3n) is 6.36. The molecule has 1 amide bonds. The lowest BCUT2D eigenvalue weighted by Crippen LogP contribution is -2.44. The minimum atomic E-state index is -3.53. The van der Waals surface area contributed by atoms with Gasteiger partial charge in [0.05, 0.1) is 13.7 Å². The summed E-state index contributed by atoms with van der Waals surface area (Å²) in [6.45, 7) is 2.23. The molecule has 0 atom stereocenters. The zero-order chi connectivity index (χ0) is 25.4. The van der Waals surface area contributed by atoms with Gasteiger partial charge in [0.2, 0.25) is 0 Å². The zero-order valence-electron chi connectivity index (χ0n) is 20.5. The second-order valence-electron chi connectivity index (χ2n) is 8.86. The molecular formula is C27H33N3O4S2. The van der Waals surface area contributed by atoms with Crippen molar-refractivity contribution in [3.05, 3.63) is 82.7 Å². The van der Waals surface area contributed by atoms with Crippen LogP contribution in [-0.4, -0.2) is 51.4 Å². The Morgan fingerprint density at radius 3 is 2.58 bits per heavy atom. The number of ether oxygens (including phenoxy) is 1. The molecular weight excluding hydrogens is 494 g/mol. The fourth-order valence-electron chi connectivity index (χ4n) is 4.30. The lowest BCUT2D eigenvalue weighted by Gasteiger charge is -2.31. The Kier molecular flexibility index (Phi) is 9.14. The van der Waals surface area contributed by atoms with Gasteiger partial charge in [-0.25, -0.2) is 8.42 Å². The summed E-state index contributed by atoms with van der Waals surface area (Å²) >= 11 is 1.21. The minimum Gasteiger partial charge on any atom is -0.497 e. The predicted molar refractivity (Wildman–Crippen MR) is 143 cm³/mol. The standard InChI is InChI=1S/C27H33N3O4S2/c1-34-24-11-5-10-22(19-24)27(31)29-20-25-12-13-26(35-25)36(32,33)30-17-14-23(15-18-30)28-16-6-9-21-7-3-2-4-8-21/h2-5,7-8,10-13,19,23,28H,6,9,14-18,20H2,1H3,(H,29,31). The van der Waals surface area contributed by atoms with Crippen LogP contribution in [0, 0.1) is 0 Å². The molecule has 0 saturated carbocycles. The molecule has 0 unspecified atom stereocenters. The largest absolute Gasteiger partial charge is 0.497 e. The molecule has 4 rings (SSSR count). The number of nitrogens with one attached hydrogen (secondary N) is 2. The van der Waals surface area contributed by atoms with E-state index in [4.69, 9.17) is 4.74 Å². The zero-order valence-corrected chi connectivity index (χ0v) is 22.1. The molecule has 1 aliphatic heterocycles. The van der Waals surface area contributed by atoms with Gasteiger partial charge in [0.15, 0.2) is 0 Å². The highest BCUT2D eigenvalue weighted by molar-refractivity contribution is 7.91.